The van der Waals surface area contributed by atoms with Crippen molar-refractivity contribution in [2.45, 2.75) is 24.2 Å². The molecule has 132 valence electrons. The predicted molar refractivity (Wildman–Crippen MR) is 97.9 cm³/mol. The van der Waals surface area contributed by atoms with Crippen molar-refractivity contribution in [3.8, 4) is 0 Å². The van der Waals surface area contributed by atoms with Crippen molar-refractivity contribution in [3.05, 3.63) is 54.7 Å². The van der Waals surface area contributed by atoms with Gasteiger partial charge in [-0.25, -0.2) is 13.4 Å². The van der Waals surface area contributed by atoms with Crippen LogP contribution in [0, 0.1) is 5.41 Å². The summed E-state index contributed by atoms with van der Waals surface area (Å²) in [5.41, 5.74) is 0.0393. The third kappa shape index (κ3) is 3.16. The summed E-state index contributed by atoms with van der Waals surface area (Å²) in [6.45, 7) is 3.08. The fourth-order valence-electron chi connectivity index (χ4n) is 4.12. The van der Waals surface area contributed by atoms with Crippen molar-refractivity contribution in [3.63, 3.8) is 0 Å². The van der Waals surface area contributed by atoms with Gasteiger partial charge in [-0.3, -0.25) is 0 Å². The number of hydrogen-bond donors (Lipinski definition) is 0. The number of pyridine rings is 1. The van der Waals surface area contributed by atoms with Crippen LogP contribution in [0.15, 0.2) is 59.6 Å². The quantitative estimate of drug-likeness (QED) is 0.848. The van der Waals surface area contributed by atoms with Crippen molar-refractivity contribution in [2.75, 3.05) is 31.1 Å². The Morgan fingerprint density at radius 1 is 0.920 bits per heavy atom. The Bertz CT molecular complexity index is 826. The smallest absolute Gasteiger partial charge is 0.243 e. The van der Waals surface area contributed by atoms with Crippen LogP contribution < -0.4 is 4.90 Å². The maximum atomic E-state index is 12.9. The van der Waals surface area contributed by atoms with Crippen LogP contribution in [0.3, 0.4) is 0 Å². The van der Waals surface area contributed by atoms with E-state index in [1.165, 1.54) is 0 Å². The molecule has 1 spiro atoms. The molecule has 0 saturated carbocycles. The van der Waals surface area contributed by atoms with Gasteiger partial charge < -0.3 is 4.90 Å². The van der Waals surface area contributed by atoms with E-state index >= 15 is 0 Å². The first-order valence-corrected chi connectivity index (χ1v) is 10.2. The van der Waals surface area contributed by atoms with Gasteiger partial charge in [-0.1, -0.05) is 24.3 Å². The van der Waals surface area contributed by atoms with Gasteiger partial charge >= 0.3 is 0 Å². The van der Waals surface area contributed by atoms with E-state index in [0.717, 1.165) is 38.2 Å². The summed E-state index contributed by atoms with van der Waals surface area (Å²) in [5.74, 6) is 0.992. The number of anilines is 1. The molecule has 2 aliphatic rings. The van der Waals surface area contributed by atoms with Crippen LogP contribution in [-0.4, -0.2) is 43.9 Å². The van der Waals surface area contributed by atoms with E-state index in [2.05, 4.69) is 9.88 Å². The van der Waals surface area contributed by atoms with Crippen LogP contribution in [0.2, 0.25) is 0 Å². The molecule has 1 atom stereocenters. The molecule has 1 aromatic carbocycles. The van der Waals surface area contributed by atoms with Gasteiger partial charge in [0, 0.05) is 37.8 Å². The fourth-order valence-corrected chi connectivity index (χ4v) is 5.69. The van der Waals surface area contributed by atoms with Gasteiger partial charge in [-0.15, -0.1) is 0 Å². The van der Waals surface area contributed by atoms with Crippen LogP contribution in [0.4, 0.5) is 5.82 Å². The van der Waals surface area contributed by atoms with Gasteiger partial charge in [-0.05, 0) is 43.5 Å². The monoisotopic (exact) mass is 357 g/mol. The van der Waals surface area contributed by atoms with Gasteiger partial charge in [0.15, 0.2) is 0 Å². The van der Waals surface area contributed by atoms with Crippen molar-refractivity contribution in [2.24, 2.45) is 5.41 Å². The highest BCUT2D eigenvalue weighted by Crippen LogP contribution is 2.41. The summed E-state index contributed by atoms with van der Waals surface area (Å²) in [6, 6.07) is 14.7. The number of rotatable bonds is 3. The molecule has 2 saturated heterocycles. The van der Waals surface area contributed by atoms with E-state index in [0.29, 0.717) is 18.0 Å². The molecule has 0 bridgehead atoms. The summed E-state index contributed by atoms with van der Waals surface area (Å²) < 4.78 is 27.5. The highest BCUT2D eigenvalue weighted by Gasteiger charge is 2.45. The first-order valence-electron chi connectivity index (χ1n) is 8.80. The van der Waals surface area contributed by atoms with Crippen LogP contribution in [0.5, 0.6) is 0 Å². The Balaban J connectivity index is 1.53. The van der Waals surface area contributed by atoms with Crippen LogP contribution in [0.25, 0.3) is 0 Å². The molecule has 0 unspecified atom stereocenters. The first kappa shape index (κ1) is 16.5. The third-order valence-corrected chi connectivity index (χ3v) is 7.28. The topological polar surface area (TPSA) is 53.5 Å². The van der Waals surface area contributed by atoms with E-state index in [9.17, 15) is 8.42 Å². The second-order valence-electron chi connectivity index (χ2n) is 7.11. The lowest BCUT2D eigenvalue weighted by Crippen LogP contribution is -2.45. The lowest BCUT2D eigenvalue weighted by atomic mass is 9.79. The number of nitrogens with zero attached hydrogens (tertiary/aromatic N) is 3. The van der Waals surface area contributed by atoms with E-state index in [1.54, 1.807) is 28.6 Å². The van der Waals surface area contributed by atoms with Crippen molar-refractivity contribution in [1.29, 1.82) is 0 Å². The van der Waals surface area contributed by atoms with Crippen molar-refractivity contribution in [1.82, 2.24) is 9.29 Å². The minimum Gasteiger partial charge on any atom is -0.356 e. The molecule has 6 heteroatoms. The Labute approximate surface area is 149 Å². The lowest BCUT2D eigenvalue weighted by Gasteiger charge is -2.41. The molecular formula is C19H23N3O2S. The molecule has 0 aliphatic carbocycles. The Morgan fingerprint density at radius 2 is 1.72 bits per heavy atom. The van der Waals surface area contributed by atoms with Gasteiger partial charge in [0.2, 0.25) is 10.0 Å². The Morgan fingerprint density at radius 3 is 2.48 bits per heavy atom. The molecular weight excluding hydrogens is 334 g/mol. The molecule has 5 nitrogen and oxygen atoms in total. The van der Waals surface area contributed by atoms with Crippen molar-refractivity contribution >= 4 is 15.8 Å². The average molecular weight is 357 g/mol. The molecule has 2 aliphatic heterocycles. The maximum absolute atomic E-state index is 12.9. The second-order valence-corrected chi connectivity index (χ2v) is 9.05. The Kier molecular flexibility index (Phi) is 4.25. The number of sulfonamides is 1. The highest BCUT2D eigenvalue weighted by molar-refractivity contribution is 7.89. The maximum Gasteiger partial charge on any atom is 0.243 e. The first-order chi connectivity index (χ1) is 12.1. The summed E-state index contributed by atoms with van der Waals surface area (Å²) in [6.07, 6.45) is 4.90. The van der Waals surface area contributed by atoms with Crippen molar-refractivity contribution < 1.29 is 8.42 Å². The molecule has 2 aromatic rings. The van der Waals surface area contributed by atoms with Gasteiger partial charge in [0.05, 0.1) is 4.90 Å². The fraction of sp³-hybridized carbons (Fsp3) is 0.421. The van der Waals surface area contributed by atoms with Crippen LogP contribution in [-0.2, 0) is 10.0 Å². The van der Waals surface area contributed by atoms with E-state index < -0.39 is 10.0 Å². The number of benzene rings is 1. The molecule has 0 radical (unpaired) electrons. The number of aromatic nitrogens is 1. The Hall–Kier alpha value is -1.92. The summed E-state index contributed by atoms with van der Waals surface area (Å²) in [7, 11) is -3.40. The molecule has 1 aromatic heterocycles. The minimum atomic E-state index is -3.40. The SMILES string of the molecule is O=S(=O)(c1ccccc1)N1CC[C@@]2(CCCN(c3ccccn3)C2)C1. The van der Waals surface area contributed by atoms with Crippen LogP contribution in [0.1, 0.15) is 19.3 Å². The largest absolute Gasteiger partial charge is 0.356 e. The predicted octanol–water partition coefficient (Wildman–Crippen LogP) is 2.76. The molecule has 4 rings (SSSR count). The summed E-state index contributed by atoms with van der Waals surface area (Å²) >= 11 is 0. The normalized spacial score (nSPS) is 24.7. The third-order valence-electron chi connectivity index (χ3n) is 5.42. The zero-order chi connectivity index (χ0) is 17.3. The molecule has 0 amide bonds. The highest BCUT2D eigenvalue weighted by atomic mass is 32.2. The van der Waals surface area contributed by atoms with Gasteiger partial charge in [0.1, 0.15) is 5.82 Å². The lowest BCUT2D eigenvalue weighted by molar-refractivity contribution is 0.247. The van der Waals surface area contributed by atoms with Gasteiger partial charge in [0.25, 0.3) is 0 Å². The van der Waals surface area contributed by atoms with E-state index in [-0.39, 0.29) is 5.41 Å². The average Bonchev–Trinajstić information content (AvgIpc) is 3.07. The number of piperidine rings is 1. The molecule has 3 heterocycles. The zero-order valence-corrected chi connectivity index (χ0v) is 15.0. The van der Waals surface area contributed by atoms with E-state index in [4.69, 9.17) is 0 Å². The molecule has 25 heavy (non-hydrogen) atoms. The minimum absolute atomic E-state index is 0.0393. The molecule has 2 fully saturated rings. The summed E-state index contributed by atoms with van der Waals surface area (Å²) in [4.78, 5) is 7.17. The van der Waals surface area contributed by atoms with E-state index in [1.807, 2.05) is 30.5 Å². The number of hydrogen-bond acceptors (Lipinski definition) is 4. The zero-order valence-electron chi connectivity index (χ0n) is 14.2. The molecule has 0 N–H and O–H groups in total. The second kappa shape index (κ2) is 6.42. The van der Waals surface area contributed by atoms with Crippen LogP contribution >= 0.6 is 0 Å². The van der Waals surface area contributed by atoms with Gasteiger partial charge in [-0.2, -0.15) is 4.31 Å². The standard InChI is InChI=1S/C19H23N3O2S/c23-25(24,17-7-2-1-3-8-17)22-14-11-19(16-22)10-6-13-21(15-19)18-9-4-5-12-20-18/h1-5,7-9,12H,6,10-11,13-16H2/t19-/m1/s1. The summed E-state index contributed by atoms with van der Waals surface area (Å²) in [5, 5.41) is 0.